The largest absolute Gasteiger partial charge is 0.492 e. The average Bonchev–Trinajstić information content (AvgIpc) is 2.87. The third kappa shape index (κ3) is 5.71. The van der Waals surface area contributed by atoms with Crippen LogP contribution in [0.4, 0.5) is 0 Å². The summed E-state index contributed by atoms with van der Waals surface area (Å²) in [5.41, 5.74) is 3.79. The molecule has 0 unspecified atom stereocenters. The fraction of sp³-hybridized carbons (Fsp3) is 0.357. The minimum absolute atomic E-state index is 0.368. The van der Waals surface area contributed by atoms with Crippen molar-refractivity contribution in [3.63, 3.8) is 0 Å². The van der Waals surface area contributed by atoms with E-state index in [1.807, 2.05) is 31.2 Å². The first-order chi connectivity index (χ1) is 17.1. The van der Waals surface area contributed by atoms with Crippen LogP contribution in [-0.2, 0) is 16.2 Å². The van der Waals surface area contributed by atoms with Crippen molar-refractivity contribution in [2.45, 2.75) is 39.7 Å². The molecule has 0 saturated heterocycles. The van der Waals surface area contributed by atoms with Gasteiger partial charge in [0.2, 0.25) is 11.5 Å². The number of hydrogen-bond donors (Lipinski definition) is 0. The first kappa shape index (κ1) is 26.8. The maximum absolute atomic E-state index is 13.1. The number of ether oxygens (including phenoxy) is 4. The van der Waals surface area contributed by atoms with Crippen molar-refractivity contribution in [1.82, 2.24) is 4.98 Å². The van der Waals surface area contributed by atoms with Gasteiger partial charge in [0.05, 0.1) is 34.0 Å². The summed E-state index contributed by atoms with van der Waals surface area (Å²) in [5, 5.41) is 0. The second-order valence-corrected chi connectivity index (χ2v) is 9.10. The van der Waals surface area contributed by atoms with Crippen LogP contribution in [-0.4, -0.2) is 45.0 Å². The van der Waals surface area contributed by atoms with Gasteiger partial charge in [-0.15, -0.1) is 0 Å². The Morgan fingerprint density at radius 1 is 0.833 bits per heavy atom. The number of rotatable bonds is 9. The number of nitrogens with zero attached hydrogens (tertiary/aromatic N) is 1. The number of methoxy groups -OCH3 is 4. The van der Waals surface area contributed by atoms with Crippen LogP contribution in [0.5, 0.6) is 23.0 Å². The zero-order valence-corrected chi connectivity index (χ0v) is 22.1. The van der Waals surface area contributed by atoms with Crippen LogP contribution >= 0.6 is 0 Å². The minimum atomic E-state index is -0.648. The Labute approximate surface area is 212 Å². The highest BCUT2D eigenvalue weighted by molar-refractivity contribution is 5.97. The van der Waals surface area contributed by atoms with Crippen molar-refractivity contribution < 1.29 is 33.5 Å². The quantitative estimate of drug-likeness (QED) is 0.281. The molecule has 0 fully saturated rings. The van der Waals surface area contributed by atoms with Crippen molar-refractivity contribution in [1.29, 1.82) is 0 Å². The number of hydrogen-bond acceptors (Lipinski definition) is 8. The molecular formula is C28H33NO7. The normalized spacial score (nSPS) is 11.1. The lowest BCUT2D eigenvalue weighted by atomic mass is 9.93. The maximum Gasteiger partial charge on any atom is 0.373 e. The van der Waals surface area contributed by atoms with Crippen molar-refractivity contribution in [2.24, 2.45) is 0 Å². The van der Waals surface area contributed by atoms with Crippen LogP contribution in [0.15, 0.2) is 42.7 Å². The lowest BCUT2D eigenvalue weighted by Gasteiger charge is -2.22. The molecule has 0 N–H and O–H groups in total. The van der Waals surface area contributed by atoms with Gasteiger partial charge < -0.3 is 18.9 Å². The molecule has 1 heterocycles. The molecule has 8 heteroatoms. The van der Waals surface area contributed by atoms with E-state index in [-0.39, 0.29) is 0 Å². The fourth-order valence-electron chi connectivity index (χ4n) is 3.93. The highest BCUT2D eigenvalue weighted by Gasteiger charge is 2.26. The fourth-order valence-corrected chi connectivity index (χ4v) is 3.93. The molecule has 36 heavy (non-hydrogen) atoms. The summed E-state index contributed by atoms with van der Waals surface area (Å²) >= 11 is 0. The minimum Gasteiger partial charge on any atom is -0.492 e. The van der Waals surface area contributed by atoms with Gasteiger partial charge in [-0.25, -0.2) is 4.79 Å². The molecule has 0 aliphatic carbocycles. The van der Waals surface area contributed by atoms with Gasteiger partial charge in [0, 0.05) is 29.9 Å². The zero-order chi connectivity index (χ0) is 26.5. The standard InChI is InChI=1S/C28H33NO7/c1-17-21(24(32-6)26(34-8)25(33-7)23(17)31-5)15-18-9-10-20(19-11-13-29-14-12-19)22(16-18)27(30)35-36-28(2,3)4/h9-14,16H,15H2,1-8H3. The molecule has 192 valence electrons. The molecular weight excluding hydrogens is 462 g/mol. The Hall–Kier alpha value is -3.78. The highest BCUT2D eigenvalue weighted by atomic mass is 17.2. The van der Waals surface area contributed by atoms with E-state index in [0.29, 0.717) is 40.5 Å². The second-order valence-electron chi connectivity index (χ2n) is 9.10. The van der Waals surface area contributed by atoms with Crippen LogP contribution in [0.1, 0.15) is 47.8 Å². The predicted octanol–water partition coefficient (Wildman–Crippen LogP) is 5.57. The Kier molecular flexibility index (Phi) is 8.42. The van der Waals surface area contributed by atoms with Crippen LogP contribution < -0.4 is 18.9 Å². The Balaban J connectivity index is 2.13. The van der Waals surface area contributed by atoms with Crippen molar-refractivity contribution >= 4 is 5.97 Å². The summed E-state index contributed by atoms with van der Waals surface area (Å²) in [6, 6.07) is 9.31. The van der Waals surface area contributed by atoms with Crippen molar-refractivity contribution in [3.05, 3.63) is 65.0 Å². The van der Waals surface area contributed by atoms with Crippen LogP contribution in [0, 0.1) is 6.92 Å². The lowest BCUT2D eigenvalue weighted by Crippen LogP contribution is -2.22. The summed E-state index contributed by atoms with van der Waals surface area (Å²) < 4.78 is 22.5. The van der Waals surface area contributed by atoms with Gasteiger partial charge in [0.1, 0.15) is 5.60 Å². The van der Waals surface area contributed by atoms with Crippen LogP contribution in [0.2, 0.25) is 0 Å². The number of aromatic nitrogens is 1. The smallest absolute Gasteiger partial charge is 0.373 e. The Morgan fingerprint density at radius 3 is 1.97 bits per heavy atom. The molecule has 3 aromatic rings. The molecule has 0 radical (unpaired) electrons. The molecule has 2 aromatic carbocycles. The summed E-state index contributed by atoms with van der Waals surface area (Å²) in [4.78, 5) is 27.7. The van der Waals surface area contributed by atoms with E-state index < -0.39 is 11.6 Å². The van der Waals surface area contributed by atoms with E-state index in [1.165, 1.54) is 0 Å². The van der Waals surface area contributed by atoms with E-state index in [1.54, 1.807) is 67.7 Å². The molecule has 0 aliphatic heterocycles. The molecule has 0 bridgehead atoms. The van der Waals surface area contributed by atoms with E-state index in [4.69, 9.17) is 28.7 Å². The Bertz CT molecular complexity index is 1220. The second kappa shape index (κ2) is 11.3. The summed E-state index contributed by atoms with van der Waals surface area (Å²) in [7, 11) is 6.25. The zero-order valence-electron chi connectivity index (χ0n) is 22.1. The van der Waals surface area contributed by atoms with Gasteiger partial charge in [-0.2, -0.15) is 4.89 Å². The topological polar surface area (TPSA) is 85.3 Å². The van der Waals surface area contributed by atoms with Gasteiger partial charge in [-0.3, -0.25) is 9.87 Å². The Morgan fingerprint density at radius 2 is 1.42 bits per heavy atom. The average molecular weight is 496 g/mol. The number of pyridine rings is 1. The first-order valence-electron chi connectivity index (χ1n) is 11.4. The lowest BCUT2D eigenvalue weighted by molar-refractivity contribution is -0.301. The molecule has 0 spiro atoms. The van der Waals surface area contributed by atoms with Crippen LogP contribution in [0.3, 0.4) is 0 Å². The highest BCUT2D eigenvalue weighted by Crippen LogP contribution is 2.49. The monoisotopic (exact) mass is 495 g/mol. The third-order valence-corrected chi connectivity index (χ3v) is 5.55. The SMILES string of the molecule is COc1c(C)c(Cc2ccc(-c3ccncc3)c(C(=O)OOC(C)(C)C)c2)c(OC)c(OC)c1OC. The van der Waals surface area contributed by atoms with Gasteiger partial charge >= 0.3 is 5.97 Å². The summed E-state index contributed by atoms with van der Waals surface area (Å²) in [6.07, 6.45) is 3.78. The molecule has 8 nitrogen and oxygen atoms in total. The molecule has 0 amide bonds. The number of benzene rings is 2. The van der Waals surface area contributed by atoms with E-state index in [2.05, 4.69) is 4.98 Å². The van der Waals surface area contributed by atoms with Crippen molar-refractivity contribution in [3.8, 4) is 34.1 Å². The molecule has 3 rings (SSSR count). The van der Waals surface area contributed by atoms with Crippen molar-refractivity contribution in [2.75, 3.05) is 28.4 Å². The van der Waals surface area contributed by atoms with E-state index in [9.17, 15) is 4.79 Å². The van der Waals surface area contributed by atoms with E-state index in [0.717, 1.165) is 22.3 Å². The third-order valence-electron chi connectivity index (χ3n) is 5.55. The van der Waals surface area contributed by atoms with Crippen LogP contribution in [0.25, 0.3) is 11.1 Å². The number of carbonyl (C=O) groups is 1. The van der Waals surface area contributed by atoms with Gasteiger partial charge in [0.25, 0.3) is 0 Å². The summed E-state index contributed by atoms with van der Waals surface area (Å²) in [5.74, 6) is 1.38. The van der Waals surface area contributed by atoms with E-state index >= 15 is 0 Å². The first-order valence-corrected chi connectivity index (χ1v) is 11.4. The summed E-state index contributed by atoms with van der Waals surface area (Å²) in [6.45, 7) is 7.34. The molecule has 1 aromatic heterocycles. The van der Waals surface area contributed by atoms with Gasteiger partial charge in [-0.05, 0) is 62.6 Å². The van der Waals surface area contributed by atoms with Gasteiger partial charge in [0.15, 0.2) is 11.5 Å². The van der Waals surface area contributed by atoms with Gasteiger partial charge in [-0.1, -0.05) is 12.1 Å². The number of carbonyl (C=O) groups excluding carboxylic acids is 1. The maximum atomic E-state index is 13.1. The molecule has 0 saturated carbocycles. The molecule has 0 atom stereocenters. The molecule has 0 aliphatic rings. The predicted molar refractivity (Wildman–Crippen MR) is 136 cm³/mol.